The minimum Gasteiger partial charge on any atom is -0.388 e. The topological polar surface area (TPSA) is 102 Å². The lowest BCUT2D eigenvalue weighted by Crippen LogP contribution is -2.65. The van der Waals surface area contributed by atoms with Crippen LogP contribution in [0.5, 0.6) is 0 Å². The summed E-state index contributed by atoms with van der Waals surface area (Å²) in [4.78, 5) is 15.4. The van der Waals surface area contributed by atoms with E-state index in [2.05, 4.69) is 24.1 Å². The molecule has 164 valence electrons. The third-order valence-electron chi connectivity index (χ3n) is 6.33. The van der Waals surface area contributed by atoms with Crippen LogP contribution >= 0.6 is 11.8 Å². The van der Waals surface area contributed by atoms with Gasteiger partial charge in [-0.05, 0) is 44.0 Å². The number of hydrogen-bond acceptors (Lipinski definition) is 7. The SMILES string of the molecule is CCC1CCN(CC)C(C(=O)NC(C(C)C)C2OC(SC)C(O)C(O)C2O)C1. The van der Waals surface area contributed by atoms with Gasteiger partial charge in [0, 0.05) is 0 Å². The highest BCUT2D eigenvalue weighted by Gasteiger charge is 2.48. The van der Waals surface area contributed by atoms with Gasteiger partial charge >= 0.3 is 0 Å². The van der Waals surface area contributed by atoms with E-state index in [1.165, 1.54) is 11.8 Å². The number of ether oxygens (including phenoxy) is 1. The Morgan fingerprint density at radius 1 is 1.21 bits per heavy atom. The Morgan fingerprint density at radius 2 is 1.89 bits per heavy atom. The number of rotatable bonds is 7. The Labute approximate surface area is 173 Å². The average Bonchev–Trinajstić information content (AvgIpc) is 2.70. The second-order valence-corrected chi connectivity index (χ2v) is 9.33. The molecule has 0 aromatic heterocycles. The highest BCUT2D eigenvalue weighted by Crippen LogP contribution is 2.31. The number of likely N-dealkylation sites (N-methyl/N-ethyl adjacent to an activating group) is 1. The first-order valence-corrected chi connectivity index (χ1v) is 11.8. The minimum atomic E-state index is -1.30. The van der Waals surface area contributed by atoms with Crippen LogP contribution < -0.4 is 5.32 Å². The van der Waals surface area contributed by atoms with E-state index in [0.29, 0.717) is 5.92 Å². The standard InChI is InChI=1S/C20H38N2O5S/c1-6-12-8-9-22(7-2)13(10-12)19(26)21-14(11(3)4)18-16(24)15(23)17(25)20(27-18)28-5/h11-18,20,23-25H,6-10H2,1-5H3,(H,21,26). The number of likely N-dealkylation sites (tertiary alicyclic amines) is 1. The number of amides is 1. The molecule has 2 fully saturated rings. The second kappa shape index (κ2) is 10.6. The zero-order valence-corrected chi connectivity index (χ0v) is 18.6. The predicted octanol–water partition coefficient (Wildman–Crippen LogP) is 0.808. The van der Waals surface area contributed by atoms with E-state index in [4.69, 9.17) is 4.74 Å². The molecule has 0 aliphatic carbocycles. The van der Waals surface area contributed by atoms with Crippen molar-refractivity contribution >= 4 is 17.7 Å². The van der Waals surface area contributed by atoms with Gasteiger partial charge in [0.15, 0.2) is 0 Å². The monoisotopic (exact) mass is 418 g/mol. The number of hydrogen-bond donors (Lipinski definition) is 4. The number of piperidine rings is 1. The molecule has 0 aromatic carbocycles. The zero-order chi connectivity index (χ0) is 21.0. The van der Waals surface area contributed by atoms with Gasteiger partial charge < -0.3 is 25.4 Å². The molecule has 8 atom stereocenters. The van der Waals surface area contributed by atoms with E-state index < -0.39 is 35.9 Å². The van der Waals surface area contributed by atoms with Crippen molar-refractivity contribution in [2.75, 3.05) is 19.3 Å². The number of thioether (sulfide) groups is 1. The summed E-state index contributed by atoms with van der Waals surface area (Å²) in [6.07, 6.45) is 0.298. The summed E-state index contributed by atoms with van der Waals surface area (Å²) in [5.74, 6) is 0.496. The van der Waals surface area contributed by atoms with Gasteiger partial charge in [-0.15, -0.1) is 11.8 Å². The Morgan fingerprint density at radius 3 is 2.43 bits per heavy atom. The van der Waals surface area contributed by atoms with E-state index in [0.717, 1.165) is 32.4 Å². The van der Waals surface area contributed by atoms with Crippen molar-refractivity contribution in [2.45, 2.75) is 88.9 Å². The smallest absolute Gasteiger partial charge is 0.237 e. The lowest BCUT2D eigenvalue weighted by molar-refractivity contribution is -0.208. The average molecular weight is 419 g/mol. The fourth-order valence-corrected chi connectivity index (χ4v) is 5.04. The van der Waals surface area contributed by atoms with Crippen molar-refractivity contribution in [1.29, 1.82) is 0 Å². The first-order chi connectivity index (χ1) is 13.2. The first kappa shape index (κ1) is 23.9. The van der Waals surface area contributed by atoms with Crippen LogP contribution in [-0.4, -0.2) is 87.4 Å². The van der Waals surface area contributed by atoms with E-state index in [-0.39, 0.29) is 17.9 Å². The van der Waals surface area contributed by atoms with Crippen LogP contribution in [0, 0.1) is 11.8 Å². The van der Waals surface area contributed by atoms with Crippen LogP contribution in [0.25, 0.3) is 0 Å². The van der Waals surface area contributed by atoms with Gasteiger partial charge in [0.05, 0.1) is 12.1 Å². The van der Waals surface area contributed by atoms with Crippen molar-refractivity contribution in [2.24, 2.45) is 11.8 Å². The molecule has 2 aliphatic heterocycles. The molecule has 4 N–H and O–H groups in total. The summed E-state index contributed by atoms with van der Waals surface area (Å²) in [7, 11) is 0. The molecule has 2 heterocycles. The maximum Gasteiger partial charge on any atom is 0.237 e. The summed E-state index contributed by atoms with van der Waals surface area (Å²) < 4.78 is 5.91. The summed E-state index contributed by atoms with van der Waals surface area (Å²) in [5.41, 5.74) is -0.646. The molecule has 2 rings (SSSR count). The van der Waals surface area contributed by atoms with Gasteiger partial charge in [-0.3, -0.25) is 9.69 Å². The highest BCUT2D eigenvalue weighted by molar-refractivity contribution is 7.99. The number of carbonyl (C=O) groups is 1. The van der Waals surface area contributed by atoms with E-state index in [9.17, 15) is 20.1 Å². The van der Waals surface area contributed by atoms with Crippen molar-refractivity contribution in [3.63, 3.8) is 0 Å². The lowest BCUT2D eigenvalue weighted by atomic mass is 9.86. The number of nitrogens with one attached hydrogen (secondary N) is 1. The molecule has 0 saturated carbocycles. The molecule has 2 aliphatic rings. The molecule has 1 amide bonds. The molecule has 0 radical (unpaired) electrons. The molecular weight excluding hydrogens is 380 g/mol. The second-order valence-electron chi connectivity index (χ2n) is 8.40. The third-order valence-corrected chi connectivity index (χ3v) is 7.18. The van der Waals surface area contributed by atoms with Crippen molar-refractivity contribution in [1.82, 2.24) is 10.2 Å². The van der Waals surface area contributed by atoms with E-state index in [1.807, 2.05) is 13.8 Å². The maximum atomic E-state index is 13.2. The molecule has 0 bridgehead atoms. The molecule has 0 spiro atoms. The highest BCUT2D eigenvalue weighted by atomic mass is 32.2. The number of aliphatic hydroxyl groups excluding tert-OH is 3. The fraction of sp³-hybridized carbons (Fsp3) is 0.950. The molecule has 28 heavy (non-hydrogen) atoms. The molecule has 8 heteroatoms. The fourth-order valence-electron chi connectivity index (χ4n) is 4.36. The molecular formula is C20H38N2O5S. The summed E-state index contributed by atoms with van der Waals surface area (Å²) >= 11 is 1.28. The lowest BCUT2D eigenvalue weighted by Gasteiger charge is -2.45. The van der Waals surface area contributed by atoms with Crippen LogP contribution in [0.4, 0.5) is 0 Å². The summed E-state index contributed by atoms with van der Waals surface area (Å²) in [6, 6.07) is -0.641. The van der Waals surface area contributed by atoms with Crippen molar-refractivity contribution in [3.05, 3.63) is 0 Å². The van der Waals surface area contributed by atoms with Crippen molar-refractivity contribution < 1.29 is 24.9 Å². The molecule has 2 saturated heterocycles. The largest absolute Gasteiger partial charge is 0.388 e. The summed E-state index contributed by atoms with van der Waals surface area (Å²) in [6.45, 7) is 9.89. The maximum absolute atomic E-state index is 13.2. The predicted molar refractivity (Wildman–Crippen MR) is 111 cm³/mol. The molecule has 8 unspecified atom stereocenters. The quantitative estimate of drug-likeness (QED) is 0.485. The molecule has 0 aromatic rings. The number of carbonyl (C=O) groups excluding carboxylic acids is 1. The Hall–Kier alpha value is -0.380. The zero-order valence-electron chi connectivity index (χ0n) is 17.7. The van der Waals surface area contributed by atoms with Crippen LogP contribution in [-0.2, 0) is 9.53 Å². The van der Waals surface area contributed by atoms with Crippen LogP contribution in [0.2, 0.25) is 0 Å². The van der Waals surface area contributed by atoms with Gasteiger partial charge in [-0.1, -0.05) is 34.1 Å². The third kappa shape index (κ3) is 5.21. The van der Waals surface area contributed by atoms with Gasteiger partial charge in [0.25, 0.3) is 0 Å². The van der Waals surface area contributed by atoms with E-state index in [1.54, 1.807) is 6.26 Å². The van der Waals surface area contributed by atoms with Crippen LogP contribution in [0.15, 0.2) is 0 Å². The van der Waals surface area contributed by atoms with Crippen LogP contribution in [0.3, 0.4) is 0 Å². The van der Waals surface area contributed by atoms with Gasteiger partial charge in [-0.25, -0.2) is 0 Å². The summed E-state index contributed by atoms with van der Waals surface area (Å²) in [5, 5.41) is 34.0. The minimum absolute atomic E-state index is 0.00538. The Kier molecular flexibility index (Phi) is 9.04. The van der Waals surface area contributed by atoms with Crippen molar-refractivity contribution in [3.8, 4) is 0 Å². The normalized spacial score (nSPS) is 38.4. The molecule has 7 nitrogen and oxygen atoms in total. The first-order valence-electron chi connectivity index (χ1n) is 10.5. The van der Waals surface area contributed by atoms with Gasteiger partial charge in [0.2, 0.25) is 5.91 Å². The number of aliphatic hydroxyl groups is 3. The number of nitrogens with zero attached hydrogens (tertiary/aromatic N) is 1. The van der Waals surface area contributed by atoms with Gasteiger partial charge in [0.1, 0.15) is 29.9 Å². The van der Waals surface area contributed by atoms with Crippen LogP contribution in [0.1, 0.15) is 47.0 Å². The Bertz CT molecular complexity index is 507. The van der Waals surface area contributed by atoms with E-state index >= 15 is 0 Å². The van der Waals surface area contributed by atoms with Gasteiger partial charge in [-0.2, -0.15) is 0 Å². The Balaban J connectivity index is 2.15.